The Hall–Kier alpha value is -3.66. The second kappa shape index (κ2) is 8.60. The van der Waals surface area contributed by atoms with Crippen LogP contribution in [0.15, 0.2) is 47.1 Å². The van der Waals surface area contributed by atoms with Crippen LogP contribution in [0.4, 0.5) is 11.9 Å². The van der Waals surface area contributed by atoms with Gasteiger partial charge in [0.15, 0.2) is 5.76 Å². The van der Waals surface area contributed by atoms with Gasteiger partial charge in [-0.3, -0.25) is 4.90 Å². The van der Waals surface area contributed by atoms with E-state index in [4.69, 9.17) is 14.9 Å². The number of rotatable bonds is 9. The Bertz CT molecular complexity index is 1140. The molecule has 5 rings (SSSR count). The first-order valence-corrected chi connectivity index (χ1v) is 10.4. The smallest absolute Gasteiger partial charge is 0.259 e. The van der Waals surface area contributed by atoms with Gasteiger partial charge in [-0.25, -0.2) is 0 Å². The fourth-order valence-corrected chi connectivity index (χ4v) is 3.36. The van der Waals surface area contributed by atoms with Crippen molar-refractivity contribution in [3.05, 3.63) is 48.2 Å². The average Bonchev–Trinajstić information content (AvgIpc) is 3.41. The molecule has 0 spiro atoms. The summed E-state index contributed by atoms with van der Waals surface area (Å²) >= 11 is 0. The molecule has 160 valence electrons. The van der Waals surface area contributed by atoms with Gasteiger partial charge in [0.05, 0.1) is 6.26 Å². The first-order chi connectivity index (χ1) is 15.2. The summed E-state index contributed by atoms with van der Waals surface area (Å²) < 4.78 is 12.5. The van der Waals surface area contributed by atoms with Gasteiger partial charge in [-0.05, 0) is 55.8 Å². The minimum atomic E-state index is 0.206. The number of aromatic nitrogens is 5. The molecular weight excluding hydrogens is 396 g/mol. The van der Waals surface area contributed by atoms with E-state index in [1.54, 1.807) is 18.4 Å². The Balaban J connectivity index is 1.15. The lowest BCUT2D eigenvalue weighted by Gasteiger charge is -2.30. The van der Waals surface area contributed by atoms with Crippen molar-refractivity contribution in [2.24, 2.45) is 0 Å². The van der Waals surface area contributed by atoms with Crippen molar-refractivity contribution in [2.45, 2.75) is 12.8 Å². The van der Waals surface area contributed by atoms with Crippen LogP contribution in [0.5, 0.6) is 5.75 Å². The lowest BCUT2D eigenvalue weighted by molar-refractivity contribution is 0.147. The normalized spacial score (nSPS) is 13.9. The van der Waals surface area contributed by atoms with Crippen LogP contribution in [0, 0.1) is 0 Å². The van der Waals surface area contributed by atoms with E-state index in [-0.39, 0.29) is 5.95 Å². The predicted octanol–water partition coefficient (Wildman–Crippen LogP) is 2.10. The average molecular weight is 420 g/mol. The van der Waals surface area contributed by atoms with E-state index in [2.05, 4.69) is 42.4 Å². The number of anilines is 2. The van der Waals surface area contributed by atoms with Crippen LogP contribution < -0.4 is 15.8 Å². The number of nitrogens with zero attached hydrogens (tertiary/aromatic N) is 6. The molecule has 0 radical (unpaired) electrons. The fourth-order valence-electron chi connectivity index (χ4n) is 3.36. The molecule has 10 heteroatoms. The van der Waals surface area contributed by atoms with Gasteiger partial charge in [-0.2, -0.15) is 19.5 Å². The molecule has 1 aliphatic rings. The SMILES string of the molecule is Nc1nc(NCCc2ccc(OCCN3CCC3)cc2)nc2nc(-c3ccco3)nn12. The lowest BCUT2D eigenvalue weighted by Crippen LogP contribution is -2.39. The predicted molar refractivity (Wildman–Crippen MR) is 116 cm³/mol. The van der Waals surface area contributed by atoms with E-state index in [0.717, 1.165) is 25.3 Å². The Kier molecular flexibility index (Phi) is 5.36. The van der Waals surface area contributed by atoms with Crippen LogP contribution >= 0.6 is 0 Å². The van der Waals surface area contributed by atoms with Crippen LogP contribution in [0.3, 0.4) is 0 Å². The molecule has 0 aliphatic carbocycles. The summed E-state index contributed by atoms with van der Waals surface area (Å²) in [6.07, 6.45) is 3.68. The first kappa shape index (κ1) is 19.3. The molecule has 31 heavy (non-hydrogen) atoms. The summed E-state index contributed by atoms with van der Waals surface area (Å²) in [5, 5.41) is 7.49. The van der Waals surface area contributed by atoms with Crippen molar-refractivity contribution in [3.63, 3.8) is 0 Å². The Morgan fingerprint density at radius 1 is 1.10 bits per heavy atom. The van der Waals surface area contributed by atoms with Gasteiger partial charge in [-0.1, -0.05) is 12.1 Å². The summed E-state index contributed by atoms with van der Waals surface area (Å²) in [6.45, 7) is 4.77. The van der Waals surface area contributed by atoms with E-state index in [1.165, 1.54) is 29.6 Å². The Labute approximate surface area is 179 Å². The highest BCUT2D eigenvalue weighted by molar-refractivity contribution is 5.52. The maximum Gasteiger partial charge on any atom is 0.259 e. The van der Waals surface area contributed by atoms with Crippen LogP contribution in [-0.2, 0) is 6.42 Å². The number of benzene rings is 1. The summed E-state index contributed by atoms with van der Waals surface area (Å²) in [5.74, 6) is 2.84. The molecular formula is C21H24N8O2. The second-order valence-electron chi connectivity index (χ2n) is 7.39. The zero-order chi connectivity index (χ0) is 21.0. The summed E-state index contributed by atoms with van der Waals surface area (Å²) in [5.41, 5.74) is 7.21. The van der Waals surface area contributed by atoms with Gasteiger partial charge in [0.1, 0.15) is 12.4 Å². The third-order valence-corrected chi connectivity index (χ3v) is 5.22. The highest BCUT2D eigenvalue weighted by Crippen LogP contribution is 2.18. The molecule has 1 fully saturated rings. The molecule has 1 aromatic carbocycles. The molecule has 0 amide bonds. The monoisotopic (exact) mass is 420 g/mol. The highest BCUT2D eigenvalue weighted by atomic mass is 16.5. The highest BCUT2D eigenvalue weighted by Gasteiger charge is 2.14. The van der Waals surface area contributed by atoms with Gasteiger partial charge in [0.25, 0.3) is 5.78 Å². The molecule has 0 atom stereocenters. The zero-order valence-corrected chi connectivity index (χ0v) is 17.1. The maximum atomic E-state index is 6.02. The minimum Gasteiger partial charge on any atom is -0.492 e. The van der Waals surface area contributed by atoms with Crippen molar-refractivity contribution < 1.29 is 9.15 Å². The summed E-state index contributed by atoms with van der Waals surface area (Å²) in [4.78, 5) is 15.4. The molecule has 4 heterocycles. The van der Waals surface area contributed by atoms with E-state index >= 15 is 0 Å². The van der Waals surface area contributed by atoms with Crippen molar-refractivity contribution in [1.29, 1.82) is 0 Å². The van der Waals surface area contributed by atoms with Gasteiger partial charge in [0.2, 0.25) is 17.7 Å². The van der Waals surface area contributed by atoms with E-state index < -0.39 is 0 Å². The van der Waals surface area contributed by atoms with Gasteiger partial charge in [0, 0.05) is 13.1 Å². The van der Waals surface area contributed by atoms with Crippen LogP contribution in [0.1, 0.15) is 12.0 Å². The first-order valence-electron chi connectivity index (χ1n) is 10.4. The number of nitrogens with one attached hydrogen (secondary N) is 1. The molecule has 1 saturated heterocycles. The third-order valence-electron chi connectivity index (χ3n) is 5.22. The standard InChI is InChI=1S/C21H24N8O2/c22-19-25-20(26-21-24-18(27-29(19)21)17-3-1-13-31-17)23-9-8-15-4-6-16(7-5-15)30-14-12-28-10-2-11-28/h1,3-7,13H,2,8-12,14H2,(H3,22,23,24,25,26,27). The van der Waals surface area contributed by atoms with Crippen molar-refractivity contribution >= 4 is 17.7 Å². The quantitative estimate of drug-likeness (QED) is 0.419. The summed E-state index contributed by atoms with van der Waals surface area (Å²) in [6, 6.07) is 11.7. The fraction of sp³-hybridized carbons (Fsp3) is 0.333. The number of nitrogens with two attached hydrogens (primary N) is 1. The van der Waals surface area contributed by atoms with E-state index in [9.17, 15) is 0 Å². The minimum absolute atomic E-state index is 0.206. The Morgan fingerprint density at radius 2 is 1.97 bits per heavy atom. The summed E-state index contributed by atoms with van der Waals surface area (Å²) in [7, 11) is 0. The number of fused-ring (bicyclic) bond motifs is 1. The maximum absolute atomic E-state index is 6.02. The molecule has 3 N–H and O–H groups in total. The third kappa shape index (κ3) is 4.43. The molecule has 1 aliphatic heterocycles. The van der Waals surface area contributed by atoms with Crippen molar-refractivity contribution in [2.75, 3.05) is 43.8 Å². The number of nitrogen functional groups attached to an aromatic ring is 1. The van der Waals surface area contributed by atoms with Gasteiger partial charge in [-0.15, -0.1) is 5.10 Å². The number of hydrogen-bond acceptors (Lipinski definition) is 9. The second-order valence-corrected chi connectivity index (χ2v) is 7.39. The topological polar surface area (TPSA) is 120 Å². The molecule has 0 bridgehead atoms. The van der Waals surface area contributed by atoms with Gasteiger partial charge >= 0.3 is 0 Å². The number of hydrogen-bond donors (Lipinski definition) is 2. The van der Waals surface area contributed by atoms with Crippen molar-refractivity contribution in [3.8, 4) is 17.3 Å². The number of furan rings is 1. The molecule has 0 unspecified atom stereocenters. The number of ether oxygens (including phenoxy) is 1. The molecule has 4 aromatic rings. The van der Waals surface area contributed by atoms with Crippen LogP contribution in [0.25, 0.3) is 17.4 Å². The molecule has 3 aromatic heterocycles. The van der Waals surface area contributed by atoms with E-state index in [1.807, 2.05) is 12.1 Å². The van der Waals surface area contributed by atoms with Crippen LogP contribution in [-0.4, -0.2) is 62.3 Å². The molecule has 10 nitrogen and oxygen atoms in total. The van der Waals surface area contributed by atoms with Crippen LogP contribution in [0.2, 0.25) is 0 Å². The molecule has 0 saturated carbocycles. The Morgan fingerprint density at radius 3 is 2.71 bits per heavy atom. The largest absolute Gasteiger partial charge is 0.492 e. The lowest BCUT2D eigenvalue weighted by atomic mass is 10.1. The van der Waals surface area contributed by atoms with E-state index in [0.29, 0.717) is 29.9 Å². The van der Waals surface area contributed by atoms with Gasteiger partial charge < -0.3 is 20.2 Å². The van der Waals surface area contributed by atoms with Crippen molar-refractivity contribution in [1.82, 2.24) is 29.5 Å². The number of likely N-dealkylation sites (tertiary alicyclic amines) is 1. The zero-order valence-electron chi connectivity index (χ0n) is 17.1.